The number of amides is 1. The average molecular weight is 358 g/mol. The van der Waals surface area contributed by atoms with Gasteiger partial charge in [-0.3, -0.25) is 10.1 Å². The number of carbonyl (C=O) groups is 1. The molecule has 0 bridgehead atoms. The zero-order valence-corrected chi connectivity index (χ0v) is 15.4. The second kappa shape index (κ2) is 9.03. The Morgan fingerprint density at radius 2 is 1.80 bits per heavy atom. The largest absolute Gasteiger partial charge is 0.494 e. The summed E-state index contributed by atoms with van der Waals surface area (Å²) in [6.45, 7) is 6.36. The van der Waals surface area contributed by atoms with Crippen molar-refractivity contribution in [3.8, 4) is 11.5 Å². The van der Waals surface area contributed by atoms with Gasteiger partial charge in [0, 0.05) is 5.69 Å². The highest BCUT2D eigenvalue weighted by atomic mass is 32.1. The maximum atomic E-state index is 12.4. The quantitative estimate of drug-likeness (QED) is 0.765. The molecule has 25 heavy (non-hydrogen) atoms. The number of hydrogen-bond acceptors (Lipinski definition) is 4. The summed E-state index contributed by atoms with van der Waals surface area (Å²) in [5.74, 6) is 0.987. The Morgan fingerprint density at radius 1 is 1.12 bits per heavy atom. The molecule has 0 heterocycles. The molecule has 6 heteroatoms. The third kappa shape index (κ3) is 5.76. The normalized spacial score (nSPS) is 10.2. The SMILES string of the molecule is CCOc1ccc(NC(=S)NC(=O)c2ccccc2OC(C)C)cc1. The lowest BCUT2D eigenvalue weighted by molar-refractivity contribution is 0.0972. The average Bonchev–Trinajstić information content (AvgIpc) is 2.56. The van der Waals surface area contributed by atoms with Crippen LogP contribution in [0.5, 0.6) is 11.5 Å². The van der Waals surface area contributed by atoms with E-state index in [-0.39, 0.29) is 17.1 Å². The Bertz CT molecular complexity index is 730. The van der Waals surface area contributed by atoms with Gasteiger partial charge in [-0.2, -0.15) is 0 Å². The smallest absolute Gasteiger partial charge is 0.261 e. The molecule has 0 aliphatic rings. The van der Waals surface area contributed by atoms with E-state index in [2.05, 4.69) is 10.6 Å². The molecule has 2 rings (SSSR count). The molecule has 2 aromatic carbocycles. The van der Waals surface area contributed by atoms with E-state index in [0.29, 0.717) is 17.9 Å². The van der Waals surface area contributed by atoms with Crippen LogP contribution < -0.4 is 20.1 Å². The van der Waals surface area contributed by atoms with Crippen molar-refractivity contribution in [3.05, 3.63) is 54.1 Å². The third-order valence-electron chi connectivity index (χ3n) is 3.14. The molecule has 0 spiro atoms. The molecule has 0 saturated carbocycles. The van der Waals surface area contributed by atoms with Crippen LogP contribution in [-0.4, -0.2) is 23.7 Å². The van der Waals surface area contributed by atoms with Gasteiger partial charge in [-0.1, -0.05) is 12.1 Å². The molecule has 0 aliphatic heterocycles. The summed E-state index contributed by atoms with van der Waals surface area (Å²) in [4.78, 5) is 12.4. The molecule has 0 fully saturated rings. The molecular formula is C19H22N2O3S. The van der Waals surface area contributed by atoms with Gasteiger partial charge in [-0.05, 0) is 69.4 Å². The minimum absolute atomic E-state index is 0.0251. The summed E-state index contributed by atoms with van der Waals surface area (Å²) in [5.41, 5.74) is 1.20. The number of para-hydroxylation sites is 1. The van der Waals surface area contributed by atoms with E-state index in [9.17, 15) is 4.79 Å². The molecule has 132 valence electrons. The fourth-order valence-corrected chi connectivity index (χ4v) is 2.36. The Kier molecular flexibility index (Phi) is 6.77. The number of hydrogen-bond donors (Lipinski definition) is 2. The van der Waals surface area contributed by atoms with Crippen molar-refractivity contribution in [2.45, 2.75) is 26.9 Å². The highest BCUT2D eigenvalue weighted by Gasteiger charge is 2.14. The number of nitrogens with one attached hydrogen (secondary N) is 2. The van der Waals surface area contributed by atoms with Crippen LogP contribution in [0, 0.1) is 0 Å². The van der Waals surface area contributed by atoms with Gasteiger partial charge in [0.2, 0.25) is 0 Å². The Balaban J connectivity index is 1.99. The maximum Gasteiger partial charge on any atom is 0.261 e. The van der Waals surface area contributed by atoms with Gasteiger partial charge in [0.15, 0.2) is 5.11 Å². The van der Waals surface area contributed by atoms with Crippen molar-refractivity contribution in [2.75, 3.05) is 11.9 Å². The van der Waals surface area contributed by atoms with Crippen LogP contribution in [0.3, 0.4) is 0 Å². The summed E-state index contributed by atoms with van der Waals surface area (Å²) in [5, 5.41) is 5.86. The first kappa shape index (κ1) is 18.7. The highest BCUT2D eigenvalue weighted by Crippen LogP contribution is 2.19. The summed E-state index contributed by atoms with van der Waals surface area (Å²) < 4.78 is 11.1. The molecule has 5 nitrogen and oxygen atoms in total. The Labute approximate surface area is 153 Å². The van der Waals surface area contributed by atoms with Gasteiger partial charge in [0.25, 0.3) is 5.91 Å². The topological polar surface area (TPSA) is 59.6 Å². The standard InChI is InChI=1S/C19H22N2O3S/c1-4-23-15-11-9-14(10-12-15)20-19(25)21-18(22)16-7-5-6-8-17(16)24-13(2)3/h5-13H,4H2,1-3H3,(H2,20,21,22,25). The van der Waals surface area contributed by atoms with Crippen LogP contribution in [0.15, 0.2) is 48.5 Å². The molecule has 0 unspecified atom stereocenters. The molecular weight excluding hydrogens is 336 g/mol. The number of rotatable bonds is 6. The molecule has 0 radical (unpaired) electrons. The van der Waals surface area contributed by atoms with Crippen LogP contribution in [0.2, 0.25) is 0 Å². The third-order valence-corrected chi connectivity index (χ3v) is 3.35. The molecule has 2 N–H and O–H groups in total. The highest BCUT2D eigenvalue weighted by molar-refractivity contribution is 7.80. The zero-order valence-electron chi connectivity index (χ0n) is 14.5. The fourth-order valence-electron chi connectivity index (χ4n) is 2.14. The van der Waals surface area contributed by atoms with Crippen molar-refractivity contribution in [1.82, 2.24) is 5.32 Å². The summed E-state index contributed by atoms with van der Waals surface area (Å²) in [6, 6.07) is 14.4. The minimum Gasteiger partial charge on any atom is -0.494 e. The lowest BCUT2D eigenvalue weighted by Gasteiger charge is -2.15. The molecule has 0 saturated heterocycles. The lowest BCUT2D eigenvalue weighted by atomic mass is 10.2. The Hall–Kier alpha value is -2.60. The number of carbonyl (C=O) groups excluding carboxylic acids is 1. The zero-order chi connectivity index (χ0) is 18.2. The van der Waals surface area contributed by atoms with E-state index in [0.717, 1.165) is 11.4 Å². The van der Waals surface area contributed by atoms with Crippen LogP contribution in [0.1, 0.15) is 31.1 Å². The monoisotopic (exact) mass is 358 g/mol. The van der Waals surface area contributed by atoms with Gasteiger partial charge in [-0.25, -0.2) is 0 Å². The van der Waals surface area contributed by atoms with Crippen LogP contribution in [0.25, 0.3) is 0 Å². The summed E-state index contributed by atoms with van der Waals surface area (Å²) in [6.07, 6.45) is -0.0251. The first-order chi connectivity index (χ1) is 12.0. The first-order valence-electron chi connectivity index (χ1n) is 8.10. The van der Waals surface area contributed by atoms with Crippen molar-refractivity contribution in [2.24, 2.45) is 0 Å². The number of anilines is 1. The molecule has 0 aromatic heterocycles. The molecule has 2 aromatic rings. The molecule has 1 amide bonds. The minimum atomic E-state index is -0.320. The molecule has 0 atom stereocenters. The van der Waals surface area contributed by atoms with Crippen molar-refractivity contribution < 1.29 is 14.3 Å². The van der Waals surface area contributed by atoms with E-state index < -0.39 is 0 Å². The first-order valence-corrected chi connectivity index (χ1v) is 8.51. The number of thiocarbonyl (C=S) groups is 1. The van der Waals surface area contributed by atoms with Crippen LogP contribution >= 0.6 is 12.2 Å². The van der Waals surface area contributed by atoms with Gasteiger partial charge in [0.1, 0.15) is 11.5 Å². The van der Waals surface area contributed by atoms with E-state index in [1.165, 1.54) is 0 Å². The van der Waals surface area contributed by atoms with Crippen LogP contribution in [-0.2, 0) is 0 Å². The summed E-state index contributed by atoms with van der Waals surface area (Å²) >= 11 is 5.21. The Morgan fingerprint density at radius 3 is 2.44 bits per heavy atom. The maximum absolute atomic E-state index is 12.4. The van der Waals surface area contributed by atoms with E-state index in [4.69, 9.17) is 21.7 Å². The van der Waals surface area contributed by atoms with Gasteiger partial charge < -0.3 is 14.8 Å². The fraction of sp³-hybridized carbons (Fsp3) is 0.263. The summed E-state index contributed by atoms with van der Waals surface area (Å²) in [7, 11) is 0. The van der Waals surface area contributed by atoms with E-state index >= 15 is 0 Å². The lowest BCUT2D eigenvalue weighted by Crippen LogP contribution is -2.34. The van der Waals surface area contributed by atoms with Crippen LogP contribution in [0.4, 0.5) is 5.69 Å². The van der Waals surface area contributed by atoms with E-state index in [1.54, 1.807) is 18.2 Å². The second-order valence-electron chi connectivity index (χ2n) is 5.53. The van der Waals surface area contributed by atoms with Gasteiger partial charge in [0.05, 0.1) is 18.3 Å². The van der Waals surface area contributed by atoms with E-state index in [1.807, 2.05) is 51.1 Å². The molecule has 0 aliphatic carbocycles. The van der Waals surface area contributed by atoms with Gasteiger partial charge in [-0.15, -0.1) is 0 Å². The second-order valence-corrected chi connectivity index (χ2v) is 5.94. The predicted molar refractivity (Wildman–Crippen MR) is 104 cm³/mol. The predicted octanol–water partition coefficient (Wildman–Crippen LogP) is 4.00. The van der Waals surface area contributed by atoms with Crippen molar-refractivity contribution >= 4 is 28.9 Å². The number of ether oxygens (including phenoxy) is 2. The van der Waals surface area contributed by atoms with Crippen molar-refractivity contribution in [1.29, 1.82) is 0 Å². The number of benzene rings is 2. The van der Waals surface area contributed by atoms with Gasteiger partial charge >= 0.3 is 0 Å². The van der Waals surface area contributed by atoms with Crippen molar-refractivity contribution in [3.63, 3.8) is 0 Å².